The van der Waals surface area contributed by atoms with Crippen molar-refractivity contribution in [3.63, 3.8) is 0 Å². The molecule has 0 spiro atoms. The molecular weight excluding hydrogens is 330 g/mol. The van der Waals surface area contributed by atoms with Crippen LogP contribution in [0.1, 0.15) is 29.9 Å². The van der Waals surface area contributed by atoms with Crippen molar-refractivity contribution in [2.24, 2.45) is 5.92 Å². The van der Waals surface area contributed by atoms with E-state index in [9.17, 15) is 14.7 Å². The van der Waals surface area contributed by atoms with E-state index in [1.165, 1.54) is 16.0 Å². The van der Waals surface area contributed by atoms with Crippen LogP contribution < -0.4 is 5.11 Å². The number of ether oxygens (including phenoxy) is 1. The molecule has 134 valence electrons. The standard InChI is InChI=1S/C21H21NO4/c23-20(24)14-6-5-11-22(12-14)21(25)26-13-19-17-9-3-1-7-15(17)16-8-2-4-10-18(16)19/h1-4,7-10,14,19H,5-6,11-13H2,(H,23,24)/p-1. The summed E-state index contributed by atoms with van der Waals surface area (Å²) < 4.78 is 5.58. The van der Waals surface area contributed by atoms with E-state index >= 15 is 0 Å². The Morgan fingerprint density at radius 1 is 1.04 bits per heavy atom. The number of carboxylic acid groups (broad SMARTS) is 1. The zero-order valence-electron chi connectivity index (χ0n) is 14.4. The summed E-state index contributed by atoms with van der Waals surface area (Å²) in [5.41, 5.74) is 4.68. The van der Waals surface area contributed by atoms with Crippen LogP contribution >= 0.6 is 0 Å². The Morgan fingerprint density at radius 2 is 1.65 bits per heavy atom. The maximum atomic E-state index is 12.4. The number of fused-ring (bicyclic) bond motifs is 3. The molecule has 1 aliphatic heterocycles. The molecule has 2 aromatic rings. The molecule has 1 aliphatic carbocycles. The van der Waals surface area contributed by atoms with Gasteiger partial charge >= 0.3 is 6.09 Å². The number of amides is 1. The lowest BCUT2D eigenvalue weighted by Crippen LogP contribution is -2.46. The first-order chi connectivity index (χ1) is 12.6. The van der Waals surface area contributed by atoms with Crippen molar-refractivity contribution in [3.05, 3.63) is 59.7 Å². The summed E-state index contributed by atoms with van der Waals surface area (Å²) in [5, 5.41) is 11.1. The first kappa shape index (κ1) is 16.6. The van der Waals surface area contributed by atoms with Crippen LogP contribution in [0.15, 0.2) is 48.5 Å². The van der Waals surface area contributed by atoms with Gasteiger partial charge in [0.05, 0.1) is 0 Å². The summed E-state index contributed by atoms with van der Waals surface area (Å²) in [5.74, 6) is -1.70. The molecular formula is C21H20NO4-. The molecule has 0 radical (unpaired) electrons. The van der Waals surface area contributed by atoms with Gasteiger partial charge in [0, 0.05) is 30.9 Å². The minimum absolute atomic E-state index is 0.00748. The summed E-state index contributed by atoms with van der Waals surface area (Å²) in [7, 11) is 0. The topological polar surface area (TPSA) is 69.7 Å². The molecule has 26 heavy (non-hydrogen) atoms. The Bertz CT molecular complexity index is 802. The highest BCUT2D eigenvalue weighted by atomic mass is 16.6. The number of nitrogens with zero attached hydrogens (tertiary/aromatic N) is 1. The van der Waals surface area contributed by atoms with Gasteiger partial charge < -0.3 is 19.5 Å². The molecule has 0 saturated carbocycles. The van der Waals surface area contributed by atoms with E-state index in [0.29, 0.717) is 19.4 Å². The third-order valence-corrected chi connectivity index (χ3v) is 5.35. The fourth-order valence-corrected chi connectivity index (χ4v) is 4.02. The second-order valence-corrected chi connectivity index (χ2v) is 6.91. The van der Waals surface area contributed by atoms with E-state index in [2.05, 4.69) is 24.3 Å². The molecule has 1 fully saturated rings. The van der Waals surface area contributed by atoms with Crippen LogP contribution in [0.2, 0.25) is 0 Å². The van der Waals surface area contributed by atoms with Crippen molar-refractivity contribution in [2.75, 3.05) is 19.7 Å². The molecule has 1 unspecified atom stereocenters. The summed E-state index contributed by atoms with van der Waals surface area (Å²) in [6.07, 6.45) is 0.760. The fraction of sp³-hybridized carbons (Fsp3) is 0.333. The van der Waals surface area contributed by atoms with Gasteiger partial charge in [0.1, 0.15) is 6.61 Å². The smallest absolute Gasteiger partial charge is 0.409 e. The lowest BCUT2D eigenvalue weighted by molar-refractivity contribution is -0.312. The second-order valence-electron chi connectivity index (χ2n) is 6.91. The number of rotatable bonds is 3. The number of piperidine rings is 1. The number of carbonyl (C=O) groups is 2. The van der Waals surface area contributed by atoms with Crippen LogP contribution in [0.4, 0.5) is 4.79 Å². The molecule has 5 heteroatoms. The quantitative estimate of drug-likeness (QED) is 0.852. The van der Waals surface area contributed by atoms with E-state index in [0.717, 1.165) is 11.1 Å². The number of hydrogen-bond donors (Lipinski definition) is 0. The first-order valence-corrected chi connectivity index (χ1v) is 8.96. The number of carbonyl (C=O) groups excluding carboxylic acids is 2. The number of carboxylic acids is 1. The first-order valence-electron chi connectivity index (χ1n) is 8.96. The van der Waals surface area contributed by atoms with Crippen LogP contribution in [-0.2, 0) is 9.53 Å². The minimum atomic E-state index is -1.10. The minimum Gasteiger partial charge on any atom is -0.550 e. The predicted molar refractivity (Wildman–Crippen MR) is 94.4 cm³/mol. The van der Waals surface area contributed by atoms with Gasteiger partial charge in [-0.25, -0.2) is 4.79 Å². The third kappa shape index (κ3) is 2.94. The van der Waals surface area contributed by atoms with Gasteiger partial charge in [-0.2, -0.15) is 0 Å². The van der Waals surface area contributed by atoms with Crippen molar-refractivity contribution in [1.29, 1.82) is 0 Å². The Labute approximate surface area is 152 Å². The number of likely N-dealkylation sites (tertiary alicyclic amines) is 1. The van der Waals surface area contributed by atoms with E-state index in [-0.39, 0.29) is 19.1 Å². The normalized spacial score (nSPS) is 18.9. The Kier molecular flexibility index (Phi) is 4.37. The molecule has 1 saturated heterocycles. The molecule has 2 aliphatic rings. The molecule has 0 aromatic heterocycles. The number of hydrogen-bond acceptors (Lipinski definition) is 4. The zero-order chi connectivity index (χ0) is 18.1. The Hall–Kier alpha value is -2.82. The highest BCUT2D eigenvalue weighted by Crippen LogP contribution is 2.44. The van der Waals surface area contributed by atoms with Crippen LogP contribution in [0, 0.1) is 5.92 Å². The lowest BCUT2D eigenvalue weighted by Gasteiger charge is -2.32. The molecule has 1 heterocycles. The van der Waals surface area contributed by atoms with Crippen LogP contribution in [0.5, 0.6) is 0 Å². The van der Waals surface area contributed by atoms with Crippen LogP contribution in [0.3, 0.4) is 0 Å². The van der Waals surface area contributed by atoms with Gasteiger partial charge in [-0.05, 0) is 35.1 Å². The summed E-state index contributed by atoms with van der Waals surface area (Å²) >= 11 is 0. The van der Waals surface area contributed by atoms with Gasteiger partial charge in [0.15, 0.2) is 0 Å². The molecule has 5 nitrogen and oxygen atoms in total. The third-order valence-electron chi connectivity index (χ3n) is 5.35. The van der Waals surface area contributed by atoms with E-state index in [1.807, 2.05) is 24.3 Å². The fourth-order valence-electron chi connectivity index (χ4n) is 4.02. The molecule has 1 amide bonds. The highest BCUT2D eigenvalue weighted by Gasteiger charge is 2.30. The maximum absolute atomic E-state index is 12.4. The number of aliphatic carboxylic acids is 1. The largest absolute Gasteiger partial charge is 0.550 e. The highest BCUT2D eigenvalue weighted by molar-refractivity contribution is 5.79. The number of benzene rings is 2. The van der Waals surface area contributed by atoms with Crippen molar-refractivity contribution in [3.8, 4) is 11.1 Å². The Balaban J connectivity index is 1.48. The average Bonchev–Trinajstić information content (AvgIpc) is 3.00. The molecule has 2 aromatic carbocycles. The van der Waals surface area contributed by atoms with Crippen molar-refractivity contribution < 1.29 is 19.4 Å². The monoisotopic (exact) mass is 350 g/mol. The van der Waals surface area contributed by atoms with Crippen molar-refractivity contribution >= 4 is 12.1 Å². The Morgan fingerprint density at radius 3 is 2.27 bits per heavy atom. The molecule has 1 atom stereocenters. The van der Waals surface area contributed by atoms with Crippen LogP contribution in [0.25, 0.3) is 11.1 Å². The van der Waals surface area contributed by atoms with E-state index in [4.69, 9.17) is 4.74 Å². The van der Waals surface area contributed by atoms with Crippen molar-refractivity contribution in [2.45, 2.75) is 18.8 Å². The second kappa shape index (κ2) is 6.83. The SMILES string of the molecule is O=C([O-])C1CCCN(C(=O)OCC2c3ccccc3-c3ccccc32)C1. The molecule has 4 rings (SSSR count). The molecule has 0 N–H and O–H groups in total. The summed E-state index contributed by atoms with van der Waals surface area (Å²) in [6, 6.07) is 16.3. The summed E-state index contributed by atoms with van der Waals surface area (Å²) in [4.78, 5) is 25.0. The van der Waals surface area contributed by atoms with Gasteiger partial charge in [0.25, 0.3) is 0 Å². The summed E-state index contributed by atoms with van der Waals surface area (Å²) in [6.45, 7) is 0.943. The van der Waals surface area contributed by atoms with Gasteiger partial charge in [0.2, 0.25) is 0 Å². The van der Waals surface area contributed by atoms with Crippen molar-refractivity contribution in [1.82, 2.24) is 4.90 Å². The zero-order valence-corrected chi connectivity index (χ0v) is 14.4. The lowest BCUT2D eigenvalue weighted by atomic mass is 9.98. The van der Waals surface area contributed by atoms with Gasteiger partial charge in [-0.1, -0.05) is 48.5 Å². The van der Waals surface area contributed by atoms with Gasteiger partial charge in [-0.3, -0.25) is 0 Å². The molecule has 0 bridgehead atoms. The van der Waals surface area contributed by atoms with Crippen LogP contribution in [-0.4, -0.2) is 36.7 Å². The van der Waals surface area contributed by atoms with E-state index < -0.39 is 18.0 Å². The predicted octanol–water partition coefficient (Wildman–Crippen LogP) is 2.40. The average molecular weight is 350 g/mol. The van der Waals surface area contributed by atoms with Gasteiger partial charge in [-0.15, -0.1) is 0 Å². The van der Waals surface area contributed by atoms with E-state index in [1.54, 1.807) is 0 Å². The maximum Gasteiger partial charge on any atom is 0.409 e.